The van der Waals surface area contributed by atoms with Gasteiger partial charge in [-0.05, 0) is 24.4 Å². The van der Waals surface area contributed by atoms with Gasteiger partial charge in [-0.1, -0.05) is 0 Å². The summed E-state index contributed by atoms with van der Waals surface area (Å²) >= 11 is 4.94. The molecule has 1 aromatic heterocycles. The van der Waals surface area contributed by atoms with Gasteiger partial charge in [0.05, 0.1) is 24.7 Å². The third kappa shape index (κ3) is 4.36. The molecule has 0 unspecified atom stereocenters. The molecule has 0 amide bonds. The molecule has 11 nitrogen and oxygen atoms in total. The Morgan fingerprint density at radius 1 is 1.58 bits per heavy atom. The monoisotopic (exact) mass is 379 g/mol. The second kappa shape index (κ2) is 8.11. The van der Waals surface area contributed by atoms with Crippen LogP contribution in [0.1, 0.15) is 17.7 Å². The van der Waals surface area contributed by atoms with Gasteiger partial charge in [0.25, 0.3) is 5.56 Å². The van der Waals surface area contributed by atoms with Crippen molar-refractivity contribution in [3.63, 3.8) is 0 Å². The van der Waals surface area contributed by atoms with Crippen LogP contribution in [0, 0.1) is 14.9 Å². The van der Waals surface area contributed by atoms with E-state index in [2.05, 4.69) is 15.3 Å². The van der Waals surface area contributed by atoms with E-state index in [1.807, 2.05) is 0 Å². The SMILES string of the molecule is COc1ccc(/C=N\n2c(=S)[nH]nc(CCC(=O)O)c2=O)cc1[N+](=O)[O-]. The zero-order valence-electron chi connectivity index (χ0n) is 13.4. The summed E-state index contributed by atoms with van der Waals surface area (Å²) in [5.41, 5.74) is -0.637. The number of nitrogens with one attached hydrogen (secondary N) is 1. The molecule has 0 bridgehead atoms. The standard InChI is InChI=1S/C14H13N5O6S/c1-25-11-4-2-8(6-10(11)19(23)24)7-15-18-13(22)9(3-5-12(20)21)16-17-14(18)26/h2,4,6-7H,3,5H2,1H3,(H,17,26)(H,20,21)/b15-7-. The van der Waals surface area contributed by atoms with Crippen molar-refractivity contribution in [2.75, 3.05) is 7.11 Å². The van der Waals surface area contributed by atoms with Crippen LogP contribution in [0.3, 0.4) is 0 Å². The number of nitro benzene ring substituents is 1. The lowest BCUT2D eigenvalue weighted by Crippen LogP contribution is -2.25. The molecule has 0 aliphatic heterocycles. The second-order valence-corrected chi connectivity index (χ2v) is 5.31. The Bertz CT molecular complexity index is 996. The van der Waals surface area contributed by atoms with Gasteiger partial charge in [-0.2, -0.15) is 14.9 Å². The van der Waals surface area contributed by atoms with E-state index >= 15 is 0 Å². The highest BCUT2D eigenvalue weighted by Gasteiger charge is 2.14. The van der Waals surface area contributed by atoms with Gasteiger partial charge in [0.15, 0.2) is 5.75 Å². The third-order valence-electron chi connectivity index (χ3n) is 3.22. The Labute approximate surface area is 150 Å². The van der Waals surface area contributed by atoms with E-state index < -0.39 is 16.5 Å². The summed E-state index contributed by atoms with van der Waals surface area (Å²) in [5, 5.41) is 29.8. The lowest BCUT2D eigenvalue weighted by molar-refractivity contribution is -0.385. The minimum absolute atomic E-state index is 0.0427. The molecule has 2 N–H and O–H groups in total. The summed E-state index contributed by atoms with van der Waals surface area (Å²) in [4.78, 5) is 33.3. The molecule has 136 valence electrons. The van der Waals surface area contributed by atoms with Gasteiger partial charge in [0.1, 0.15) is 5.69 Å². The van der Waals surface area contributed by atoms with E-state index in [1.165, 1.54) is 31.5 Å². The number of carbonyl (C=O) groups is 1. The minimum Gasteiger partial charge on any atom is -0.490 e. The topological polar surface area (TPSA) is 153 Å². The van der Waals surface area contributed by atoms with Crippen LogP contribution in [0.5, 0.6) is 5.75 Å². The zero-order chi connectivity index (χ0) is 19.3. The molecule has 1 aromatic carbocycles. The fraction of sp³-hybridized carbons (Fsp3) is 0.214. The van der Waals surface area contributed by atoms with Crippen molar-refractivity contribution in [3.8, 4) is 5.75 Å². The molecular weight excluding hydrogens is 366 g/mol. The largest absolute Gasteiger partial charge is 0.490 e. The number of ether oxygens (including phenoxy) is 1. The fourth-order valence-corrected chi connectivity index (χ4v) is 2.15. The molecule has 0 radical (unpaired) electrons. The molecule has 0 aliphatic carbocycles. The zero-order valence-corrected chi connectivity index (χ0v) is 14.2. The van der Waals surface area contributed by atoms with Crippen molar-refractivity contribution in [1.82, 2.24) is 14.9 Å². The number of aryl methyl sites for hydroxylation is 1. The van der Waals surface area contributed by atoms with Crippen molar-refractivity contribution in [1.29, 1.82) is 0 Å². The minimum atomic E-state index is -1.07. The molecule has 0 saturated heterocycles. The van der Waals surface area contributed by atoms with E-state index in [1.54, 1.807) is 0 Å². The maximum absolute atomic E-state index is 12.3. The van der Waals surface area contributed by atoms with E-state index in [4.69, 9.17) is 22.1 Å². The van der Waals surface area contributed by atoms with Crippen molar-refractivity contribution < 1.29 is 19.6 Å². The van der Waals surface area contributed by atoms with Gasteiger partial charge in [0.2, 0.25) is 4.77 Å². The van der Waals surface area contributed by atoms with E-state index in [0.717, 1.165) is 4.68 Å². The molecule has 2 rings (SSSR count). The second-order valence-electron chi connectivity index (χ2n) is 4.92. The number of aromatic amines is 1. The first-order valence-electron chi connectivity index (χ1n) is 7.12. The summed E-state index contributed by atoms with van der Waals surface area (Å²) in [5.74, 6) is -0.990. The summed E-state index contributed by atoms with van der Waals surface area (Å²) in [6.07, 6.45) is 0.837. The average molecular weight is 379 g/mol. The molecule has 0 aliphatic rings. The number of nitro groups is 1. The number of hydrogen-bond donors (Lipinski definition) is 2. The molecule has 12 heteroatoms. The smallest absolute Gasteiger partial charge is 0.311 e. The lowest BCUT2D eigenvalue weighted by Gasteiger charge is -2.03. The molecule has 0 spiro atoms. The van der Waals surface area contributed by atoms with Gasteiger partial charge >= 0.3 is 11.7 Å². The van der Waals surface area contributed by atoms with Crippen LogP contribution < -0.4 is 10.3 Å². The number of rotatable bonds is 7. The van der Waals surface area contributed by atoms with E-state index in [0.29, 0.717) is 5.56 Å². The van der Waals surface area contributed by atoms with E-state index in [-0.39, 0.29) is 34.7 Å². The summed E-state index contributed by atoms with van der Waals surface area (Å²) in [6, 6.07) is 4.14. The number of aliphatic carboxylic acids is 1. The first-order valence-corrected chi connectivity index (χ1v) is 7.53. The average Bonchev–Trinajstić information content (AvgIpc) is 2.60. The van der Waals surface area contributed by atoms with Crippen LogP contribution in [-0.2, 0) is 11.2 Å². The maximum atomic E-state index is 12.3. The molecule has 0 atom stereocenters. The normalized spacial score (nSPS) is 10.8. The fourth-order valence-electron chi connectivity index (χ4n) is 1.97. The van der Waals surface area contributed by atoms with Crippen molar-refractivity contribution in [2.24, 2.45) is 5.10 Å². The number of carboxylic acids is 1. The number of aromatic nitrogens is 3. The Hall–Kier alpha value is -3.41. The van der Waals surface area contributed by atoms with Gasteiger partial charge in [0, 0.05) is 18.1 Å². The number of H-pyrrole nitrogens is 1. The molecule has 0 saturated carbocycles. The summed E-state index contributed by atoms with van der Waals surface area (Å²) in [6.45, 7) is 0. The van der Waals surface area contributed by atoms with Crippen LogP contribution in [0.2, 0.25) is 0 Å². The van der Waals surface area contributed by atoms with Crippen molar-refractivity contribution >= 4 is 30.1 Å². The number of benzene rings is 1. The Morgan fingerprint density at radius 2 is 2.31 bits per heavy atom. The highest BCUT2D eigenvalue weighted by molar-refractivity contribution is 7.71. The molecule has 2 aromatic rings. The Morgan fingerprint density at radius 3 is 2.92 bits per heavy atom. The molecule has 1 heterocycles. The van der Waals surface area contributed by atoms with Gasteiger partial charge in [-0.15, -0.1) is 0 Å². The van der Waals surface area contributed by atoms with Gasteiger partial charge in [-0.25, -0.2) is 0 Å². The molecular formula is C14H13N5O6S. The summed E-state index contributed by atoms with van der Waals surface area (Å²) in [7, 11) is 1.31. The highest BCUT2D eigenvalue weighted by atomic mass is 32.1. The van der Waals surface area contributed by atoms with Gasteiger partial charge in [-0.3, -0.25) is 24.8 Å². The highest BCUT2D eigenvalue weighted by Crippen LogP contribution is 2.26. The maximum Gasteiger partial charge on any atom is 0.311 e. The van der Waals surface area contributed by atoms with Crippen molar-refractivity contribution in [2.45, 2.75) is 12.8 Å². The lowest BCUT2D eigenvalue weighted by atomic mass is 10.2. The molecule has 0 fully saturated rings. The summed E-state index contributed by atoms with van der Waals surface area (Å²) < 4.78 is 5.63. The predicted molar refractivity (Wildman–Crippen MR) is 92.3 cm³/mol. The van der Waals surface area contributed by atoms with Crippen LogP contribution in [0.15, 0.2) is 28.1 Å². The number of methoxy groups -OCH3 is 1. The van der Waals surface area contributed by atoms with Crippen LogP contribution in [0.25, 0.3) is 0 Å². The first-order chi connectivity index (χ1) is 12.3. The van der Waals surface area contributed by atoms with Crippen molar-refractivity contribution in [3.05, 3.63) is 54.7 Å². The van der Waals surface area contributed by atoms with Gasteiger partial charge < -0.3 is 9.84 Å². The quantitative estimate of drug-likeness (QED) is 0.314. The number of carboxylic acid groups (broad SMARTS) is 1. The molecule has 26 heavy (non-hydrogen) atoms. The van der Waals surface area contributed by atoms with Crippen LogP contribution in [0.4, 0.5) is 5.69 Å². The van der Waals surface area contributed by atoms with Crippen LogP contribution >= 0.6 is 12.2 Å². The predicted octanol–water partition coefficient (Wildman–Crippen LogP) is 1.12. The van der Waals surface area contributed by atoms with E-state index in [9.17, 15) is 19.7 Å². The number of hydrogen-bond acceptors (Lipinski definition) is 8. The number of nitrogens with zero attached hydrogens (tertiary/aromatic N) is 4. The van der Waals surface area contributed by atoms with Crippen LogP contribution in [-0.4, -0.2) is 44.2 Å². The Kier molecular flexibility index (Phi) is 5.90. The first kappa shape index (κ1) is 18.9. The third-order valence-corrected chi connectivity index (χ3v) is 3.48. The Balaban J connectivity index is 2.39.